The van der Waals surface area contributed by atoms with E-state index in [0.29, 0.717) is 41.3 Å². The highest BCUT2D eigenvalue weighted by Crippen LogP contribution is 2.21. The molecule has 156 valence electrons. The van der Waals surface area contributed by atoms with Gasteiger partial charge in [-0.25, -0.2) is 15.0 Å². The van der Waals surface area contributed by atoms with Gasteiger partial charge in [0.15, 0.2) is 5.60 Å². The SMILES string of the molecule is CC(C)(Oc1ccc(Cl)cc1)C(=O)NCCNc1cc(Nc2ccccn2)ncn1. The molecular formula is C21H23ClN6O2. The quantitative estimate of drug-likeness (QED) is 0.449. The van der Waals surface area contributed by atoms with Gasteiger partial charge in [-0.1, -0.05) is 17.7 Å². The van der Waals surface area contributed by atoms with Crippen molar-refractivity contribution >= 4 is 35.0 Å². The van der Waals surface area contributed by atoms with Crippen LogP contribution in [0.4, 0.5) is 17.5 Å². The second kappa shape index (κ2) is 9.89. The van der Waals surface area contributed by atoms with E-state index in [1.165, 1.54) is 6.33 Å². The summed E-state index contributed by atoms with van der Waals surface area (Å²) in [6.07, 6.45) is 3.15. The van der Waals surface area contributed by atoms with E-state index in [2.05, 4.69) is 30.9 Å². The van der Waals surface area contributed by atoms with Crippen LogP contribution in [0.15, 0.2) is 61.1 Å². The molecule has 0 unspecified atom stereocenters. The molecule has 30 heavy (non-hydrogen) atoms. The van der Waals surface area contributed by atoms with Gasteiger partial charge in [-0.05, 0) is 50.2 Å². The van der Waals surface area contributed by atoms with Crippen LogP contribution < -0.4 is 20.7 Å². The summed E-state index contributed by atoms with van der Waals surface area (Å²) in [5.41, 5.74) is -1.03. The number of aromatic nitrogens is 3. The number of halogens is 1. The molecule has 0 aliphatic carbocycles. The lowest BCUT2D eigenvalue weighted by Gasteiger charge is -2.25. The van der Waals surface area contributed by atoms with Crippen molar-refractivity contribution in [2.24, 2.45) is 0 Å². The van der Waals surface area contributed by atoms with Crippen LogP contribution in [0.2, 0.25) is 5.02 Å². The van der Waals surface area contributed by atoms with E-state index in [1.54, 1.807) is 50.4 Å². The Kier molecular flexibility index (Phi) is 7.03. The van der Waals surface area contributed by atoms with E-state index in [9.17, 15) is 4.79 Å². The monoisotopic (exact) mass is 426 g/mol. The minimum Gasteiger partial charge on any atom is -0.478 e. The summed E-state index contributed by atoms with van der Waals surface area (Å²) in [6, 6.07) is 14.2. The fourth-order valence-electron chi connectivity index (χ4n) is 2.51. The molecule has 8 nitrogen and oxygen atoms in total. The molecule has 0 atom stereocenters. The third kappa shape index (κ3) is 6.31. The normalized spacial score (nSPS) is 10.9. The molecule has 0 saturated carbocycles. The summed E-state index contributed by atoms with van der Waals surface area (Å²) in [4.78, 5) is 25.0. The number of rotatable bonds is 9. The molecule has 0 spiro atoms. The molecule has 0 aliphatic heterocycles. The molecule has 2 heterocycles. The Balaban J connectivity index is 1.45. The maximum Gasteiger partial charge on any atom is 0.263 e. The smallest absolute Gasteiger partial charge is 0.263 e. The van der Waals surface area contributed by atoms with Crippen molar-refractivity contribution in [1.82, 2.24) is 20.3 Å². The first-order chi connectivity index (χ1) is 14.4. The van der Waals surface area contributed by atoms with E-state index < -0.39 is 5.60 Å². The summed E-state index contributed by atoms with van der Waals surface area (Å²) in [6.45, 7) is 4.32. The number of benzene rings is 1. The lowest BCUT2D eigenvalue weighted by Crippen LogP contribution is -2.47. The Morgan fingerprint density at radius 2 is 1.77 bits per heavy atom. The standard InChI is InChI=1S/C21H23ClN6O2/c1-21(2,30-16-8-6-15(22)7-9-16)20(29)25-12-11-24-18-13-19(27-14-26-18)28-17-5-3-4-10-23-17/h3-10,13-14H,11-12H2,1-2H3,(H,25,29)(H2,23,24,26,27,28). The maximum atomic E-state index is 12.5. The van der Waals surface area contributed by atoms with Crippen LogP contribution in [0, 0.1) is 0 Å². The molecule has 0 fully saturated rings. The molecule has 3 aromatic rings. The molecule has 0 saturated heterocycles. The highest BCUT2D eigenvalue weighted by molar-refractivity contribution is 6.30. The van der Waals surface area contributed by atoms with Crippen LogP contribution >= 0.6 is 11.6 Å². The van der Waals surface area contributed by atoms with Crippen LogP contribution in [-0.2, 0) is 4.79 Å². The van der Waals surface area contributed by atoms with Gasteiger partial charge in [0.05, 0.1) is 0 Å². The number of hydrogen-bond acceptors (Lipinski definition) is 7. The Bertz CT molecular complexity index is 967. The zero-order valence-electron chi connectivity index (χ0n) is 16.7. The van der Waals surface area contributed by atoms with Gasteiger partial charge in [0.1, 0.15) is 29.5 Å². The average Bonchev–Trinajstić information content (AvgIpc) is 2.73. The molecule has 3 N–H and O–H groups in total. The lowest BCUT2D eigenvalue weighted by atomic mass is 10.1. The third-order valence-corrected chi connectivity index (χ3v) is 4.29. The zero-order valence-corrected chi connectivity index (χ0v) is 17.5. The van der Waals surface area contributed by atoms with Crippen molar-refractivity contribution in [2.45, 2.75) is 19.4 Å². The minimum absolute atomic E-state index is 0.223. The van der Waals surface area contributed by atoms with Gasteiger partial charge >= 0.3 is 0 Å². The number of amides is 1. The van der Waals surface area contributed by atoms with Gasteiger partial charge in [-0.2, -0.15) is 0 Å². The first kappa shape index (κ1) is 21.3. The Hall–Kier alpha value is -3.39. The van der Waals surface area contributed by atoms with Gasteiger partial charge < -0.3 is 20.7 Å². The van der Waals surface area contributed by atoms with Crippen molar-refractivity contribution in [1.29, 1.82) is 0 Å². The van der Waals surface area contributed by atoms with Crippen molar-refractivity contribution < 1.29 is 9.53 Å². The maximum absolute atomic E-state index is 12.5. The molecule has 1 aromatic carbocycles. The summed E-state index contributed by atoms with van der Waals surface area (Å²) in [5, 5.41) is 9.72. The van der Waals surface area contributed by atoms with Crippen molar-refractivity contribution in [3.05, 3.63) is 66.1 Å². The number of nitrogens with zero attached hydrogens (tertiary/aromatic N) is 3. The molecule has 0 aliphatic rings. The average molecular weight is 427 g/mol. The number of pyridine rings is 1. The second-order valence-corrected chi connectivity index (χ2v) is 7.31. The lowest BCUT2D eigenvalue weighted by molar-refractivity contribution is -0.134. The molecule has 0 radical (unpaired) electrons. The molecule has 9 heteroatoms. The Labute approximate surface area is 180 Å². The van der Waals surface area contributed by atoms with E-state index in [0.717, 1.165) is 0 Å². The van der Waals surface area contributed by atoms with Crippen molar-refractivity contribution in [3.63, 3.8) is 0 Å². The summed E-state index contributed by atoms with van der Waals surface area (Å²) in [7, 11) is 0. The number of anilines is 3. The molecule has 3 rings (SSSR count). The van der Waals surface area contributed by atoms with E-state index in [4.69, 9.17) is 16.3 Å². The van der Waals surface area contributed by atoms with E-state index in [1.807, 2.05) is 18.2 Å². The van der Waals surface area contributed by atoms with Gasteiger partial charge in [-0.3, -0.25) is 4.79 Å². The Morgan fingerprint density at radius 3 is 2.50 bits per heavy atom. The first-order valence-electron chi connectivity index (χ1n) is 9.39. The topological polar surface area (TPSA) is 101 Å². The fraction of sp³-hybridized carbons (Fsp3) is 0.238. The van der Waals surface area contributed by atoms with Crippen LogP contribution in [-0.4, -0.2) is 39.5 Å². The van der Waals surface area contributed by atoms with Gasteiger partial charge in [0.25, 0.3) is 5.91 Å². The number of hydrogen-bond donors (Lipinski definition) is 3. The number of carbonyl (C=O) groups is 1. The van der Waals surface area contributed by atoms with Crippen molar-refractivity contribution in [3.8, 4) is 5.75 Å². The van der Waals surface area contributed by atoms with Crippen molar-refractivity contribution in [2.75, 3.05) is 23.7 Å². The van der Waals surface area contributed by atoms with Crippen LogP contribution in [0.1, 0.15) is 13.8 Å². The number of ether oxygens (including phenoxy) is 1. The third-order valence-electron chi connectivity index (χ3n) is 4.04. The molecule has 1 amide bonds. The molecular weight excluding hydrogens is 404 g/mol. The predicted octanol–water partition coefficient (Wildman–Crippen LogP) is 3.65. The van der Waals surface area contributed by atoms with Crippen LogP contribution in [0.5, 0.6) is 5.75 Å². The summed E-state index contributed by atoms with van der Waals surface area (Å²) in [5.74, 6) is 2.30. The summed E-state index contributed by atoms with van der Waals surface area (Å²) < 4.78 is 5.78. The van der Waals surface area contributed by atoms with E-state index in [-0.39, 0.29) is 5.91 Å². The fourth-order valence-corrected chi connectivity index (χ4v) is 2.64. The van der Waals surface area contributed by atoms with Gasteiger partial charge in [0, 0.05) is 30.4 Å². The second-order valence-electron chi connectivity index (χ2n) is 6.88. The minimum atomic E-state index is -1.03. The number of nitrogens with one attached hydrogen (secondary N) is 3. The zero-order chi connectivity index (χ0) is 21.4. The van der Waals surface area contributed by atoms with E-state index >= 15 is 0 Å². The first-order valence-corrected chi connectivity index (χ1v) is 9.77. The number of carbonyl (C=O) groups excluding carboxylic acids is 1. The predicted molar refractivity (Wildman–Crippen MR) is 117 cm³/mol. The van der Waals surface area contributed by atoms with Crippen LogP contribution in [0.3, 0.4) is 0 Å². The largest absolute Gasteiger partial charge is 0.478 e. The molecule has 0 bridgehead atoms. The summed E-state index contributed by atoms with van der Waals surface area (Å²) >= 11 is 5.87. The Morgan fingerprint density at radius 1 is 1.00 bits per heavy atom. The van der Waals surface area contributed by atoms with Gasteiger partial charge in [0.2, 0.25) is 0 Å². The van der Waals surface area contributed by atoms with Gasteiger partial charge in [-0.15, -0.1) is 0 Å². The highest BCUT2D eigenvalue weighted by atomic mass is 35.5. The van der Waals surface area contributed by atoms with Crippen LogP contribution in [0.25, 0.3) is 0 Å². The highest BCUT2D eigenvalue weighted by Gasteiger charge is 2.29. The molecule has 2 aromatic heterocycles.